The summed E-state index contributed by atoms with van der Waals surface area (Å²) in [5.41, 5.74) is 3.04. The lowest BCUT2D eigenvalue weighted by atomic mass is 10.1. The van der Waals surface area contributed by atoms with Gasteiger partial charge in [0.2, 0.25) is 5.91 Å². The Labute approximate surface area is 188 Å². The van der Waals surface area contributed by atoms with E-state index in [0.717, 1.165) is 17.7 Å². The Kier molecular flexibility index (Phi) is 5.95. The highest BCUT2D eigenvalue weighted by atomic mass is 19.2. The molecule has 9 heteroatoms. The normalized spacial score (nSPS) is 11.1. The number of nitrogens with one attached hydrogen (secondary N) is 1. The third kappa shape index (κ3) is 4.34. The maximum Gasteiger partial charge on any atom is 0.277 e. The highest BCUT2D eigenvalue weighted by Gasteiger charge is 2.17. The van der Waals surface area contributed by atoms with Crippen LogP contribution in [0.3, 0.4) is 0 Å². The Morgan fingerprint density at radius 2 is 1.91 bits per heavy atom. The number of methoxy groups -OCH3 is 1. The van der Waals surface area contributed by atoms with Gasteiger partial charge in [0.1, 0.15) is 11.4 Å². The van der Waals surface area contributed by atoms with E-state index in [1.165, 1.54) is 10.6 Å². The SMILES string of the molecule is COc1cccc(-c2cc3n(C)c(C)c(CCC(=O)Nc4ccc(F)c(F)c4)c(=O)n3n2)c1. The molecule has 4 rings (SSSR count). The molecule has 2 aromatic heterocycles. The van der Waals surface area contributed by atoms with Gasteiger partial charge in [-0.25, -0.2) is 8.78 Å². The Morgan fingerprint density at radius 1 is 1.12 bits per heavy atom. The van der Waals surface area contributed by atoms with Gasteiger partial charge in [0.25, 0.3) is 5.56 Å². The largest absolute Gasteiger partial charge is 0.497 e. The molecule has 0 spiro atoms. The number of anilines is 1. The molecule has 0 unspecified atom stereocenters. The number of fused-ring (bicyclic) bond motifs is 1. The zero-order valence-corrected chi connectivity index (χ0v) is 18.4. The van der Waals surface area contributed by atoms with Gasteiger partial charge in [0, 0.05) is 48.1 Å². The summed E-state index contributed by atoms with van der Waals surface area (Å²) >= 11 is 0. The number of nitrogens with zero attached hydrogens (tertiary/aromatic N) is 3. The fourth-order valence-corrected chi connectivity index (χ4v) is 3.66. The van der Waals surface area contributed by atoms with Crippen molar-refractivity contribution in [3.63, 3.8) is 0 Å². The van der Waals surface area contributed by atoms with E-state index >= 15 is 0 Å². The number of amides is 1. The van der Waals surface area contributed by atoms with E-state index in [1.807, 2.05) is 48.9 Å². The van der Waals surface area contributed by atoms with Gasteiger partial charge in [0.15, 0.2) is 11.6 Å². The van der Waals surface area contributed by atoms with Crippen molar-refractivity contribution < 1.29 is 18.3 Å². The second-order valence-electron chi connectivity index (χ2n) is 7.64. The fourth-order valence-electron chi connectivity index (χ4n) is 3.66. The second kappa shape index (κ2) is 8.85. The van der Waals surface area contributed by atoms with Crippen molar-refractivity contribution in [3.8, 4) is 17.0 Å². The standard InChI is InChI=1S/C24H22F2N4O3/c1-14-18(8-10-22(31)27-16-7-9-19(25)20(26)12-16)24(32)30-23(29(14)2)13-21(28-30)15-5-4-6-17(11-15)33-3/h4-7,9,11-13H,8,10H2,1-3H3,(H,27,31). The Hall–Kier alpha value is -4.01. The van der Waals surface area contributed by atoms with Crippen LogP contribution in [0.4, 0.5) is 14.5 Å². The van der Waals surface area contributed by atoms with Crippen molar-refractivity contribution in [3.05, 3.63) is 81.8 Å². The monoisotopic (exact) mass is 452 g/mol. The van der Waals surface area contributed by atoms with E-state index in [9.17, 15) is 18.4 Å². The van der Waals surface area contributed by atoms with E-state index in [0.29, 0.717) is 28.3 Å². The number of carbonyl (C=O) groups excluding carboxylic acids is 1. The first-order valence-electron chi connectivity index (χ1n) is 10.3. The number of benzene rings is 2. The minimum atomic E-state index is -1.05. The summed E-state index contributed by atoms with van der Waals surface area (Å²) in [5, 5.41) is 7.00. The van der Waals surface area contributed by atoms with Gasteiger partial charge < -0.3 is 14.6 Å². The number of hydrogen-bond acceptors (Lipinski definition) is 4. The molecule has 0 atom stereocenters. The lowest BCUT2D eigenvalue weighted by molar-refractivity contribution is -0.116. The Morgan fingerprint density at radius 3 is 2.64 bits per heavy atom. The average Bonchev–Trinajstić information content (AvgIpc) is 3.26. The summed E-state index contributed by atoms with van der Waals surface area (Å²) < 4.78 is 34.9. The van der Waals surface area contributed by atoms with Gasteiger partial charge >= 0.3 is 0 Å². The summed E-state index contributed by atoms with van der Waals surface area (Å²) in [5.74, 6) is -1.78. The number of carbonyl (C=O) groups is 1. The maximum absolute atomic E-state index is 13.4. The molecule has 2 aromatic carbocycles. The van der Waals surface area contributed by atoms with Crippen LogP contribution in [-0.2, 0) is 18.3 Å². The molecule has 0 aliphatic heterocycles. The highest BCUT2D eigenvalue weighted by Crippen LogP contribution is 2.24. The quantitative estimate of drug-likeness (QED) is 0.482. The topological polar surface area (TPSA) is 77.6 Å². The van der Waals surface area contributed by atoms with Crippen molar-refractivity contribution in [2.45, 2.75) is 19.8 Å². The van der Waals surface area contributed by atoms with E-state index in [4.69, 9.17) is 4.74 Å². The van der Waals surface area contributed by atoms with Crippen LogP contribution in [0, 0.1) is 18.6 Å². The molecular formula is C24H22F2N4O3. The molecular weight excluding hydrogens is 430 g/mol. The van der Waals surface area contributed by atoms with Crippen LogP contribution in [0.25, 0.3) is 16.9 Å². The number of aryl methyl sites for hydroxylation is 1. The lowest BCUT2D eigenvalue weighted by Gasteiger charge is -2.12. The number of ether oxygens (including phenoxy) is 1. The van der Waals surface area contributed by atoms with Crippen LogP contribution in [-0.4, -0.2) is 27.2 Å². The van der Waals surface area contributed by atoms with E-state index in [-0.39, 0.29) is 24.1 Å². The molecule has 170 valence electrons. The van der Waals surface area contributed by atoms with Crippen LogP contribution < -0.4 is 15.6 Å². The molecule has 1 N–H and O–H groups in total. The van der Waals surface area contributed by atoms with Gasteiger partial charge in [-0.15, -0.1) is 0 Å². The molecule has 1 amide bonds. The summed E-state index contributed by atoms with van der Waals surface area (Å²) in [7, 11) is 3.41. The van der Waals surface area contributed by atoms with Crippen LogP contribution in [0.15, 0.2) is 53.3 Å². The third-order valence-electron chi connectivity index (χ3n) is 5.60. The minimum Gasteiger partial charge on any atom is -0.497 e. The zero-order chi connectivity index (χ0) is 23.7. The van der Waals surface area contributed by atoms with Gasteiger partial charge in [-0.05, 0) is 37.6 Å². The molecule has 0 bridgehead atoms. The molecule has 4 aromatic rings. The molecule has 0 saturated carbocycles. The lowest BCUT2D eigenvalue weighted by Crippen LogP contribution is -2.26. The maximum atomic E-state index is 13.4. The molecule has 0 radical (unpaired) electrons. The van der Waals surface area contributed by atoms with E-state index in [2.05, 4.69) is 10.4 Å². The predicted octanol–water partition coefficient (Wildman–Crippen LogP) is 3.87. The fraction of sp³-hybridized carbons (Fsp3) is 0.208. The van der Waals surface area contributed by atoms with Crippen LogP contribution in [0.5, 0.6) is 5.75 Å². The first kappa shape index (κ1) is 22.2. The molecule has 0 fully saturated rings. The molecule has 0 aliphatic carbocycles. The molecule has 0 saturated heterocycles. The summed E-state index contributed by atoms with van der Waals surface area (Å²) in [6.45, 7) is 1.81. The smallest absolute Gasteiger partial charge is 0.277 e. The highest BCUT2D eigenvalue weighted by molar-refractivity contribution is 5.90. The summed E-state index contributed by atoms with van der Waals surface area (Å²) in [4.78, 5) is 25.5. The predicted molar refractivity (Wildman–Crippen MR) is 120 cm³/mol. The van der Waals surface area contributed by atoms with Crippen molar-refractivity contribution >= 4 is 17.2 Å². The zero-order valence-electron chi connectivity index (χ0n) is 18.4. The number of rotatable bonds is 6. The Bertz CT molecular complexity index is 1430. The molecule has 7 nitrogen and oxygen atoms in total. The van der Waals surface area contributed by atoms with Crippen molar-refractivity contribution in [1.29, 1.82) is 0 Å². The second-order valence-corrected chi connectivity index (χ2v) is 7.64. The summed E-state index contributed by atoms with van der Waals surface area (Å²) in [6.07, 6.45) is 0.156. The van der Waals surface area contributed by atoms with Crippen molar-refractivity contribution in [2.24, 2.45) is 7.05 Å². The van der Waals surface area contributed by atoms with Gasteiger partial charge in [-0.3, -0.25) is 9.59 Å². The van der Waals surface area contributed by atoms with Crippen molar-refractivity contribution in [2.75, 3.05) is 12.4 Å². The number of halogens is 2. The number of hydrogen-bond donors (Lipinski definition) is 1. The van der Waals surface area contributed by atoms with E-state index < -0.39 is 17.5 Å². The van der Waals surface area contributed by atoms with Gasteiger partial charge in [-0.1, -0.05) is 12.1 Å². The molecule has 33 heavy (non-hydrogen) atoms. The summed E-state index contributed by atoms with van der Waals surface area (Å²) in [6, 6.07) is 12.3. The number of aromatic nitrogens is 3. The van der Waals surface area contributed by atoms with Crippen LogP contribution in [0.1, 0.15) is 17.7 Å². The molecule has 0 aliphatic rings. The average molecular weight is 452 g/mol. The van der Waals surface area contributed by atoms with E-state index in [1.54, 1.807) is 7.11 Å². The van der Waals surface area contributed by atoms with Crippen LogP contribution >= 0.6 is 0 Å². The van der Waals surface area contributed by atoms with Crippen molar-refractivity contribution in [1.82, 2.24) is 14.2 Å². The first-order valence-corrected chi connectivity index (χ1v) is 10.3. The van der Waals surface area contributed by atoms with Crippen LogP contribution in [0.2, 0.25) is 0 Å². The Balaban J connectivity index is 1.60. The molecule has 2 heterocycles. The van der Waals surface area contributed by atoms with Gasteiger partial charge in [0.05, 0.1) is 12.8 Å². The van der Waals surface area contributed by atoms with Gasteiger partial charge in [-0.2, -0.15) is 9.61 Å². The minimum absolute atomic E-state index is 0.00933. The third-order valence-corrected chi connectivity index (χ3v) is 5.60. The first-order chi connectivity index (χ1) is 15.8.